The number of nitrogens with zero attached hydrogens (tertiary/aromatic N) is 5. The van der Waals surface area contributed by atoms with Gasteiger partial charge in [-0.2, -0.15) is 0 Å². The zero-order valence-electron chi connectivity index (χ0n) is 25.0. The van der Waals surface area contributed by atoms with Gasteiger partial charge in [-0.25, -0.2) is 22.6 Å². The number of aromatic nitrogens is 3. The Morgan fingerprint density at radius 3 is 2.43 bits per heavy atom. The first-order chi connectivity index (χ1) is 20.9. The van der Waals surface area contributed by atoms with E-state index in [-0.39, 0.29) is 29.4 Å². The monoisotopic (exact) mass is 625 g/mol. The number of methoxy groups -OCH3 is 1. The number of hydrogen-bond acceptors (Lipinski definition) is 10. The van der Waals surface area contributed by atoms with Crippen molar-refractivity contribution in [3.8, 4) is 11.3 Å². The molecule has 6 atom stereocenters. The Morgan fingerprint density at radius 2 is 1.82 bits per heavy atom. The van der Waals surface area contributed by atoms with Crippen LogP contribution in [0.2, 0.25) is 0 Å². The Bertz CT molecular complexity index is 1340. The molecule has 1 amide bonds. The fourth-order valence-corrected chi connectivity index (χ4v) is 6.01. The summed E-state index contributed by atoms with van der Waals surface area (Å²) in [5, 5.41) is 33.4. The fraction of sp³-hybridized carbons (Fsp3) is 0.655. The van der Waals surface area contributed by atoms with Crippen LogP contribution < -0.4 is 0 Å². The standard InChI is InChI=1S/C29H38F3N5O7/c1-29(2,3)43-28(40)36-7-5-15(6-8-36)20-11-17(44-34-20)12-22-27(41-4)25(26(39)23(14-38)42-22)37-13-21(33-35-37)16-9-18(30)24(32)19(31)10-16/h9-10,13,15,17,22-23,25-27,38-39H,5-8,11-12,14H2,1-4H3/t17-,22-,23-,25+,26+,27+/m1/s1. The first-order valence-electron chi connectivity index (χ1n) is 14.6. The van der Waals surface area contributed by atoms with Crippen LogP contribution in [0.4, 0.5) is 18.0 Å². The minimum Gasteiger partial charge on any atom is -0.444 e. The van der Waals surface area contributed by atoms with Crippen LogP contribution in [-0.4, -0.2) is 105 Å². The van der Waals surface area contributed by atoms with Crippen LogP contribution in [-0.2, 0) is 19.0 Å². The van der Waals surface area contributed by atoms with Gasteiger partial charge in [0.2, 0.25) is 0 Å². The number of halogens is 3. The van der Waals surface area contributed by atoms with Crippen molar-refractivity contribution >= 4 is 11.8 Å². The van der Waals surface area contributed by atoms with Crippen molar-refractivity contribution in [3.63, 3.8) is 0 Å². The third-order valence-corrected chi connectivity index (χ3v) is 8.20. The Morgan fingerprint density at radius 1 is 1.14 bits per heavy atom. The molecule has 2 fully saturated rings. The largest absolute Gasteiger partial charge is 0.444 e. The summed E-state index contributed by atoms with van der Waals surface area (Å²) in [5.41, 5.74) is 0.342. The molecule has 0 saturated carbocycles. The van der Waals surface area contributed by atoms with Crippen molar-refractivity contribution in [2.24, 2.45) is 11.1 Å². The zero-order chi connectivity index (χ0) is 31.8. The van der Waals surface area contributed by atoms with Crippen molar-refractivity contribution in [1.29, 1.82) is 0 Å². The number of carbonyl (C=O) groups excluding carboxylic acids is 1. The molecule has 0 radical (unpaired) electrons. The molecule has 12 nitrogen and oxygen atoms in total. The molecule has 0 bridgehead atoms. The quantitative estimate of drug-likeness (QED) is 0.444. The normalized spacial score (nSPS) is 28.1. The summed E-state index contributed by atoms with van der Waals surface area (Å²) in [7, 11) is 1.44. The number of piperidine rings is 1. The molecule has 2 saturated heterocycles. The zero-order valence-corrected chi connectivity index (χ0v) is 25.0. The fourth-order valence-electron chi connectivity index (χ4n) is 6.01. The predicted molar refractivity (Wildman–Crippen MR) is 149 cm³/mol. The van der Waals surface area contributed by atoms with Gasteiger partial charge in [-0.15, -0.1) is 5.10 Å². The summed E-state index contributed by atoms with van der Waals surface area (Å²) in [6.45, 7) is 6.11. The Kier molecular flexibility index (Phi) is 9.49. The molecule has 5 rings (SSSR count). The van der Waals surface area contributed by atoms with E-state index in [0.29, 0.717) is 25.9 Å². The highest BCUT2D eigenvalue weighted by Gasteiger charge is 2.48. The van der Waals surface area contributed by atoms with Crippen LogP contribution in [0.5, 0.6) is 0 Å². The molecule has 4 heterocycles. The number of likely N-dealkylation sites (tertiary alicyclic amines) is 1. The second-order valence-corrected chi connectivity index (χ2v) is 12.4. The topological polar surface area (TPSA) is 141 Å². The molecule has 15 heteroatoms. The van der Waals surface area contributed by atoms with Crippen LogP contribution >= 0.6 is 0 Å². The first-order valence-corrected chi connectivity index (χ1v) is 14.6. The summed E-state index contributed by atoms with van der Waals surface area (Å²) in [4.78, 5) is 19.9. The summed E-state index contributed by atoms with van der Waals surface area (Å²) < 4.78 is 59.7. The van der Waals surface area contributed by atoms with E-state index in [2.05, 4.69) is 15.5 Å². The van der Waals surface area contributed by atoms with E-state index < -0.39 is 60.1 Å². The first kappa shape index (κ1) is 32.1. The van der Waals surface area contributed by atoms with Gasteiger partial charge in [-0.3, -0.25) is 0 Å². The summed E-state index contributed by atoms with van der Waals surface area (Å²) in [5.74, 6) is -4.19. The van der Waals surface area contributed by atoms with Gasteiger partial charge in [0, 0.05) is 44.5 Å². The molecule has 242 valence electrons. The third kappa shape index (κ3) is 6.85. The average molecular weight is 626 g/mol. The number of rotatable bonds is 7. The number of ether oxygens (including phenoxy) is 3. The number of aliphatic hydroxyl groups is 2. The summed E-state index contributed by atoms with van der Waals surface area (Å²) in [6, 6.07) is 0.708. The van der Waals surface area contributed by atoms with Crippen molar-refractivity contribution in [1.82, 2.24) is 19.9 Å². The lowest BCUT2D eigenvalue weighted by Crippen LogP contribution is -2.57. The maximum absolute atomic E-state index is 13.8. The van der Waals surface area contributed by atoms with Crippen LogP contribution in [0.1, 0.15) is 52.5 Å². The number of hydrogen-bond donors (Lipinski definition) is 2. The average Bonchev–Trinajstić information content (AvgIpc) is 3.66. The van der Waals surface area contributed by atoms with Crippen molar-refractivity contribution in [2.45, 2.75) is 88.6 Å². The number of aliphatic hydroxyl groups excluding tert-OH is 2. The van der Waals surface area contributed by atoms with Gasteiger partial charge >= 0.3 is 6.09 Å². The van der Waals surface area contributed by atoms with Gasteiger partial charge in [0.15, 0.2) is 17.5 Å². The molecule has 0 spiro atoms. The second kappa shape index (κ2) is 13.0. The lowest BCUT2D eigenvalue weighted by atomic mass is 9.86. The highest BCUT2D eigenvalue weighted by Crippen LogP contribution is 2.36. The van der Waals surface area contributed by atoms with Crippen LogP contribution in [0.15, 0.2) is 23.5 Å². The van der Waals surface area contributed by atoms with Crippen LogP contribution in [0.3, 0.4) is 0 Å². The van der Waals surface area contributed by atoms with E-state index in [1.54, 1.807) is 4.90 Å². The maximum Gasteiger partial charge on any atom is 0.410 e. The molecule has 1 aromatic heterocycles. The number of benzene rings is 1. The minimum absolute atomic E-state index is 0.0422. The Hall–Kier alpha value is -3.27. The highest BCUT2D eigenvalue weighted by molar-refractivity contribution is 5.88. The molecule has 3 aliphatic heterocycles. The highest BCUT2D eigenvalue weighted by atomic mass is 19.2. The lowest BCUT2D eigenvalue weighted by molar-refractivity contribution is -0.219. The smallest absolute Gasteiger partial charge is 0.410 e. The lowest BCUT2D eigenvalue weighted by Gasteiger charge is -2.44. The molecule has 0 unspecified atom stereocenters. The Labute approximate surface area is 252 Å². The molecule has 0 aliphatic carbocycles. The molecule has 2 aromatic rings. The van der Waals surface area contributed by atoms with E-state index >= 15 is 0 Å². The molecular weight excluding hydrogens is 587 g/mol. The molecule has 1 aromatic carbocycles. The van der Waals surface area contributed by atoms with E-state index in [1.807, 2.05) is 20.8 Å². The van der Waals surface area contributed by atoms with Crippen molar-refractivity contribution < 1.29 is 47.2 Å². The molecule has 2 N–H and O–H groups in total. The third-order valence-electron chi connectivity index (χ3n) is 8.20. The van der Waals surface area contributed by atoms with Crippen molar-refractivity contribution in [2.75, 3.05) is 26.8 Å². The predicted octanol–water partition coefficient (Wildman–Crippen LogP) is 3.22. The van der Waals surface area contributed by atoms with E-state index in [0.717, 1.165) is 30.7 Å². The van der Waals surface area contributed by atoms with E-state index in [4.69, 9.17) is 19.0 Å². The molecule has 3 aliphatic rings. The van der Waals surface area contributed by atoms with Gasteiger partial charge in [-0.05, 0) is 45.7 Å². The van der Waals surface area contributed by atoms with Gasteiger partial charge in [0.1, 0.15) is 41.8 Å². The number of oxime groups is 1. The number of carbonyl (C=O) groups is 1. The SMILES string of the molecule is CO[C@@H]1[C@@H](n2cc(-c3cc(F)c(F)c(F)c3)nn2)[C@@H](O)[C@@H](CO)O[C@@H]1C[C@H]1CC(C2CCN(C(=O)OC(C)(C)C)CC2)=NO1. The summed E-state index contributed by atoms with van der Waals surface area (Å²) in [6.07, 6.45) is -0.725. The van der Waals surface area contributed by atoms with Gasteiger partial charge in [-0.1, -0.05) is 10.4 Å². The number of amides is 1. The van der Waals surface area contributed by atoms with E-state index in [1.165, 1.54) is 18.0 Å². The van der Waals surface area contributed by atoms with Crippen LogP contribution in [0, 0.1) is 23.4 Å². The van der Waals surface area contributed by atoms with Crippen LogP contribution in [0.25, 0.3) is 11.3 Å². The molecular formula is C29H38F3N5O7. The van der Waals surface area contributed by atoms with Crippen molar-refractivity contribution in [3.05, 3.63) is 35.8 Å². The van der Waals surface area contributed by atoms with Gasteiger partial charge < -0.3 is 34.2 Å². The van der Waals surface area contributed by atoms with Gasteiger partial charge in [0.25, 0.3) is 0 Å². The second-order valence-electron chi connectivity index (χ2n) is 12.4. The summed E-state index contributed by atoms with van der Waals surface area (Å²) >= 11 is 0. The van der Waals surface area contributed by atoms with Gasteiger partial charge in [0.05, 0.1) is 24.6 Å². The molecule has 44 heavy (non-hydrogen) atoms. The maximum atomic E-state index is 13.8. The Balaban J connectivity index is 1.24. The van der Waals surface area contributed by atoms with E-state index in [9.17, 15) is 28.2 Å². The minimum atomic E-state index is -1.60.